The van der Waals surface area contributed by atoms with Crippen LogP contribution >= 0.6 is 0 Å². The Morgan fingerprint density at radius 2 is 2.07 bits per heavy atom. The molecule has 0 spiro atoms. The SMILES string of the molecule is [CH2-]C12CCC(/C(=C\C)C1=O)C2(C)C.[Y]. The third kappa shape index (κ3) is 1.18. The molecule has 0 heterocycles. The van der Waals surface area contributed by atoms with Gasteiger partial charge < -0.3 is 6.92 Å². The van der Waals surface area contributed by atoms with Gasteiger partial charge in [-0.25, -0.2) is 0 Å². The van der Waals surface area contributed by atoms with Crippen molar-refractivity contribution in [3.8, 4) is 0 Å². The number of allylic oxidation sites excluding steroid dienone is 2. The number of hydrogen-bond donors (Lipinski definition) is 0. The van der Waals surface area contributed by atoms with Gasteiger partial charge in [-0.2, -0.15) is 0 Å². The van der Waals surface area contributed by atoms with E-state index >= 15 is 0 Å². The maximum atomic E-state index is 12.0. The fraction of sp³-hybridized carbons (Fsp3) is 0.667. The molecule has 14 heavy (non-hydrogen) atoms. The summed E-state index contributed by atoms with van der Waals surface area (Å²) in [6, 6.07) is 0. The minimum atomic E-state index is -0.320. The van der Waals surface area contributed by atoms with Crippen LogP contribution in [0.25, 0.3) is 0 Å². The van der Waals surface area contributed by atoms with Crippen LogP contribution in [-0.4, -0.2) is 5.78 Å². The Labute approximate surface area is 112 Å². The number of ketones is 1. The molecule has 2 aliphatic rings. The second kappa shape index (κ2) is 3.52. The molecule has 2 aliphatic carbocycles. The van der Waals surface area contributed by atoms with E-state index in [1.54, 1.807) is 0 Å². The molecular weight excluding hydrogens is 249 g/mol. The van der Waals surface area contributed by atoms with E-state index in [0.717, 1.165) is 18.4 Å². The molecule has 75 valence electrons. The van der Waals surface area contributed by atoms with Crippen LogP contribution in [0.4, 0.5) is 0 Å². The zero-order valence-corrected chi connectivity index (χ0v) is 12.1. The number of rotatable bonds is 0. The molecule has 2 saturated carbocycles. The molecule has 0 aromatic heterocycles. The topological polar surface area (TPSA) is 17.1 Å². The molecule has 0 aromatic rings. The number of carbonyl (C=O) groups is 1. The third-order valence-corrected chi connectivity index (χ3v) is 4.35. The smallest absolute Gasteiger partial charge is 0.135 e. The zero-order valence-electron chi connectivity index (χ0n) is 9.26. The van der Waals surface area contributed by atoms with Gasteiger partial charge in [0.15, 0.2) is 0 Å². The van der Waals surface area contributed by atoms with Gasteiger partial charge in [-0.3, -0.25) is 4.79 Å². The van der Waals surface area contributed by atoms with Crippen LogP contribution in [-0.2, 0) is 37.5 Å². The molecule has 0 amide bonds. The van der Waals surface area contributed by atoms with Crippen molar-refractivity contribution >= 4 is 5.78 Å². The molecule has 0 aliphatic heterocycles. The molecule has 1 radical (unpaired) electrons. The molecule has 2 bridgehead atoms. The van der Waals surface area contributed by atoms with Gasteiger partial charge in [0.25, 0.3) is 0 Å². The molecular formula is C12H17OY-. The van der Waals surface area contributed by atoms with Gasteiger partial charge in [-0.05, 0) is 30.3 Å². The number of carbonyl (C=O) groups excluding carboxylic acids is 1. The number of hydrogen-bond acceptors (Lipinski definition) is 1. The molecule has 0 saturated heterocycles. The maximum Gasteiger partial charge on any atom is 0.135 e. The summed E-state index contributed by atoms with van der Waals surface area (Å²) >= 11 is 0. The minimum Gasteiger partial charge on any atom is -0.329 e. The summed E-state index contributed by atoms with van der Waals surface area (Å²) in [5.74, 6) is 0.763. The van der Waals surface area contributed by atoms with Crippen LogP contribution in [0.1, 0.15) is 33.6 Å². The van der Waals surface area contributed by atoms with Gasteiger partial charge in [0.2, 0.25) is 0 Å². The average molecular weight is 266 g/mol. The molecule has 2 unspecified atom stereocenters. The predicted molar refractivity (Wildman–Crippen MR) is 53.1 cm³/mol. The van der Waals surface area contributed by atoms with Crippen molar-refractivity contribution in [3.05, 3.63) is 18.6 Å². The third-order valence-electron chi connectivity index (χ3n) is 4.35. The van der Waals surface area contributed by atoms with E-state index in [2.05, 4.69) is 20.8 Å². The molecule has 2 fully saturated rings. The molecule has 0 aromatic carbocycles. The van der Waals surface area contributed by atoms with Crippen LogP contribution in [0.2, 0.25) is 0 Å². The first-order valence-corrected chi connectivity index (χ1v) is 5.01. The van der Waals surface area contributed by atoms with Crippen molar-refractivity contribution in [1.29, 1.82) is 0 Å². The number of Topliss-reactive ketones (excluding diaryl/α,β-unsaturated/α-hetero) is 1. The van der Waals surface area contributed by atoms with Crippen LogP contribution in [0.15, 0.2) is 11.6 Å². The summed E-state index contributed by atoms with van der Waals surface area (Å²) < 4.78 is 0. The quantitative estimate of drug-likeness (QED) is 0.486. The Balaban J connectivity index is 0.000000980. The Morgan fingerprint density at radius 1 is 1.50 bits per heavy atom. The second-order valence-corrected chi connectivity index (χ2v) is 4.97. The standard InChI is InChI=1S/C12H17O.Y/c1-5-8-9-6-7-12(4,10(8)13)11(9,2)3;/h5,9H,4,6-7H2,1-3H3;/q-1;/b8-5+;. The Bertz CT molecular complexity index is 303. The van der Waals surface area contributed by atoms with E-state index in [0.29, 0.717) is 11.7 Å². The van der Waals surface area contributed by atoms with Crippen LogP contribution in [0.3, 0.4) is 0 Å². The molecule has 0 N–H and O–H groups in total. The fourth-order valence-electron chi connectivity index (χ4n) is 3.12. The van der Waals surface area contributed by atoms with Gasteiger partial charge in [0, 0.05) is 32.7 Å². The van der Waals surface area contributed by atoms with Crippen molar-refractivity contribution in [3.63, 3.8) is 0 Å². The largest absolute Gasteiger partial charge is 0.329 e. The first-order chi connectivity index (χ1) is 5.95. The predicted octanol–water partition coefficient (Wildman–Crippen LogP) is 2.77. The summed E-state index contributed by atoms with van der Waals surface area (Å²) in [5, 5.41) is 0. The summed E-state index contributed by atoms with van der Waals surface area (Å²) in [4.78, 5) is 12.0. The minimum absolute atomic E-state index is 0. The first kappa shape index (κ1) is 12.6. The molecule has 1 nitrogen and oxygen atoms in total. The summed E-state index contributed by atoms with van der Waals surface area (Å²) in [5.41, 5.74) is 0.789. The summed E-state index contributed by atoms with van der Waals surface area (Å²) in [6.45, 7) is 10.5. The van der Waals surface area contributed by atoms with Gasteiger partial charge in [-0.1, -0.05) is 31.8 Å². The average Bonchev–Trinajstić information content (AvgIpc) is 2.36. The van der Waals surface area contributed by atoms with E-state index in [-0.39, 0.29) is 43.5 Å². The Morgan fingerprint density at radius 3 is 2.36 bits per heavy atom. The van der Waals surface area contributed by atoms with Gasteiger partial charge in [0.05, 0.1) is 0 Å². The van der Waals surface area contributed by atoms with Crippen LogP contribution in [0, 0.1) is 23.7 Å². The molecule has 2 heteroatoms. The first-order valence-electron chi connectivity index (χ1n) is 5.01. The zero-order chi connectivity index (χ0) is 9.85. The Kier molecular flexibility index (Phi) is 3.17. The van der Waals surface area contributed by atoms with Gasteiger partial charge in [-0.15, -0.1) is 0 Å². The van der Waals surface area contributed by atoms with Gasteiger partial charge >= 0.3 is 0 Å². The van der Waals surface area contributed by atoms with Crippen LogP contribution < -0.4 is 0 Å². The van der Waals surface area contributed by atoms with Crippen LogP contribution in [0.5, 0.6) is 0 Å². The fourth-order valence-corrected chi connectivity index (χ4v) is 3.12. The monoisotopic (exact) mass is 266 g/mol. The van der Waals surface area contributed by atoms with Crippen molar-refractivity contribution in [1.82, 2.24) is 0 Å². The van der Waals surface area contributed by atoms with Gasteiger partial charge in [0.1, 0.15) is 5.78 Å². The van der Waals surface area contributed by atoms with Crippen molar-refractivity contribution in [2.75, 3.05) is 0 Å². The van der Waals surface area contributed by atoms with Crippen molar-refractivity contribution in [2.24, 2.45) is 16.7 Å². The summed E-state index contributed by atoms with van der Waals surface area (Å²) in [7, 11) is 0. The normalized spacial score (nSPS) is 41.6. The molecule has 2 rings (SSSR count). The van der Waals surface area contributed by atoms with Crippen molar-refractivity contribution in [2.45, 2.75) is 33.6 Å². The summed E-state index contributed by atoms with van der Waals surface area (Å²) in [6.07, 6.45) is 4.10. The van der Waals surface area contributed by atoms with E-state index in [1.807, 2.05) is 13.0 Å². The van der Waals surface area contributed by atoms with Crippen molar-refractivity contribution < 1.29 is 37.5 Å². The number of fused-ring (bicyclic) bond motifs is 2. The molecule has 2 atom stereocenters. The van der Waals surface area contributed by atoms with E-state index in [9.17, 15) is 4.79 Å². The second-order valence-electron chi connectivity index (χ2n) is 4.97. The van der Waals surface area contributed by atoms with E-state index in [1.165, 1.54) is 0 Å². The van der Waals surface area contributed by atoms with E-state index < -0.39 is 0 Å². The maximum absolute atomic E-state index is 12.0. The van der Waals surface area contributed by atoms with E-state index in [4.69, 9.17) is 0 Å². The Hall–Kier alpha value is 0.514.